The van der Waals surface area contributed by atoms with Crippen molar-refractivity contribution >= 4 is 16.7 Å². The Morgan fingerprint density at radius 2 is 2.00 bits per heavy atom. The minimum atomic E-state index is -2.88. The molecule has 1 fully saturated rings. The molecular formula is C21H23F3N4O. The van der Waals surface area contributed by atoms with Gasteiger partial charge in [0.2, 0.25) is 0 Å². The molecule has 3 aromatic rings. The monoisotopic (exact) mass is 404 g/mol. The Balaban J connectivity index is 0.00000240. The zero-order valence-corrected chi connectivity index (χ0v) is 15.5. The molecule has 0 spiro atoms. The average Bonchev–Trinajstić information content (AvgIpc) is 3.38. The number of rotatable bonds is 5. The van der Waals surface area contributed by atoms with Crippen LogP contribution in [0.3, 0.4) is 0 Å². The van der Waals surface area contributed by atoms with E-state index in [-0.39, 0.29) is 30.6 Å². The molecule has 8 heteroatoms. The SMILES string of the molecule is C.Cc1nc(NCc2cccc(C(F)F)c2F)c2cn(C3(C)CC3)c(=O)cc2n1. The normalized spacial score (nSPS) is 14.7. The molecule has 0 bridgehead atoms. The third-order valence-corrected chi connectivity index (χ3v) is 5.19. The van der Waals surface area contributed by atoms with Crippen molar-refractivity contribution in [1.29, 1.82) is 0 Å². The van der Waals surface area contributed by atoms with Crippen molar-refractivity contribution in [2.75, 3.05) is 5.32 Å². The molecular weight excluding hydrogens is 381 g/mol. The second-order valence-electron chi connectivity index (χ2n) is 7.37. The van der Waals surface area contributed by atoms with Gasteiger partial charge in [0.1, 0.15) is 17.5 Å². The van der Waals surface area contributed by atoms with Crippen molar-refractivity contribution in [3.05, 3.63) is 63.6 Å². The third-order valence-electron chi connectivity index (χ3n) is 5.19. The molecule has 1 aliphatic carbocycles. The highest BCUT2D eigenvalue weighted by atomic mass is 19.3. The maximum Gasteiger partial charge on any atom is 0.266 e. The molecule has 0 aliphatic heterocycles. The van der Waals surface area contributed by atoms with Gasteiger partial charge in [-0.1, -0.05) is 25.6 Å². The molecule has 0 unspecified atom stereocenters. The largest absolute Gasteiger partial charge is 0.365 e. The lowest BCUT2D eigenvalue weighted by Gasteiger charge is -2.16. The highest BCUT2D eigenvalue weighted by Crippen LogP contribution is 2.42. The van der Waals surface area contributed by atoms with Crippen LogP contribution in [-0.4, -0.2) is 14.5 Å². The van der Waals surface area contributed by atoms with Gasteiger partial charge < -0.3 is 9.88 Å². The van der Waals surface area contributed by atoms with Gasteiger partial charge in [-0.05, 0) is 26.7 Å². The summed E-state index contributed by atoms with van der Waals surface area (Å²) in [6, 6.07) is 5.39. The number of fused-ring (bicyclic) bond motifs is 1. The van der Waals surface area contributed by atoms with Gasteiger partial charge in [-0.3, -0.25) is 4.79 Å². The Labute approximate surface area is 166 Å². The van der Waals surface area contributed by atoms with Gasteiger partial charge in [0.15, 0.2) is 0 Å². The second-order valence-corrected chi connectivity index (χ2v) is 7.37. The van der Waals surface area contributed by atoms with E-state index in [9.17, 15) is 18.0 Å². The van der Waals surface area contributed by atoms with Crippen LogP contribution in [0.5, 0.6) is 0 Å². The Kier molecular flexibility index (Phi) is 5.38. The van der Waals surface area contributed by atoms with Crippen LogP contribution in [0, 0.1) is 12.7 Å². The van der Waals surface area contributed by atoms with E-state index in [0.717, 1.165) is 18.9 Å². The Morgan fingerprint density at radius 3 is 2.66 bits per heavy atom. The van der Waals surface area contributed by atoms with Gasteiger partial charge in [-0.15, -0.1) is 0 Å². The van der Waals surface area contributed by atoms with Gasteiger partial charge in [-0.2, -0.15) is 0 Å². The third kappa shape index (κ3) is 3.83. The predicted octanol–water partition coefficient (Wildman–Crippen LogP) is 4.93. The van der Waals surface area contributed by atoms with E-state index in [1.807, 2.05) is 6.92 Å². The van der Waals surface area contributed by atoms with E-state index in [1.54, 1.807) is 17.7 Å². The Bertz CT molecular complexity index is 1120. The number of hydrogen-bond donors (Lipinski definition) is 1. The number of alkyl halides is 2. The smallest absolute Gasteiger partial charge is 0.266 e. The van der Waals surface area contributed by atoms with E-state index < -0.39 is 17.8 Å². The Morgan fingerprint density at radius 1 is 1.28 bits per heavy atom. The standard InChI is InChI=1S/C20H19F3N4O.CH4/c1-11-25-15-8-16(28)27(20(2)6-7-20)10-14(15)19(26-11)24-9-12-4-3-5-13(17(12)21)18(22)23;/h3-5,8,10,18H,6-7,9H2,1-2H3,(H,24,25,26);1H4. The maximum absolute atomic E-state index is 14.3. The van der Waals surface area contributed by atoms with Crippen molar-refractivity contribution < 1.29 is 13.2 Å². The number of pyridine rings is 1. The zero-order chi connectivity index (χ0) is 20.1. The number of benzene rings is 1. The van der Waals surface area contributed by atoms with Crippen LogP contribution in [0.15, 0.2) is 35.3 Å². The van der Waals surface area contributed by atoms with Gasteiger partial charge in [0.05, 0.1) is 16.5 Å². The zero-order valence-electron chi connectivity index (χ0n) is 15.5. The fraction of sp³-hybridized carbons (Fsp3) is 0.381. The lowest BCUT2D eigenvalue weighted by Crippen LogP contribution is -2.27. The van der Waals surface area contributed by atoms with Crippen molar-refractivity contribution in [2.45, 2.75) is 52.6 Å². The summed E-state index contributed by atoms with van der Waals surface area (Å²) in [6.07, 6.45) is 0.674. The van der Waals surface area contributed by atoms with E-state index in [4.69, 9.17) is 0 Å². The number of aryl methyl sites for hydroxylation is 1. The minimum absolute atomic E-state index is 0. The van der Waals surface area contributed by atoms with Crippen LogP contribution in [-0.2, 0) is 12.1 Å². The highest BCUT2D eigenvalue weighted by molar-refractivity contribution is 5.88. The number of nitrogens with zero attached hydrogens (tertiary/aromatic N) is 3. The van der Waals surface area contributed by atoms with Gasteiger partial charge in [-0.25, -0.2) is 23.1 Å². The van der Waals surface area contributed by atoms with Crippen molar-refractivity contribution in [1.82, 2.24) is 14.5 Å². The molecule has 0 amide bonds. The first-order chi connectivity index (χ1) is 13.3. The first kappa shape index (κ1) is 20.8. The highest BCUT2D eigenvalue weighted by Gasteiger charge is 2.40. The summed E-state index contributed by atoms with van der Waals surface area (Å²) < 4.78 is 41.8. The topological polar surface area (TPSA) is 59.8 Å². The molecule has 4 rings (SSSR count). The molecule has 1 N–H and O–H groups in total. The summed E-state index contributed by atoms with van der Waals surface area (Å²) in [5, 5.41) is 3.65. The number of aromatic nitrogens is 3. The number of anilines is 1. The van der Waals surface area contributed by atoms with Gasteiger partial charge in [0.25, 0.3) is 12.0 Å². The predicted molar refractivity (Wildman–Crippen MR) is 107 cm³/mol. The van der Waals surface area contributed by atoms with Crippen molar-refractivity contribution in [3.8, 4) is 0 Å². The van der Waals surface area contributed by atoms with Crippen LogP contribution < -0.4 is 10.9 Å². The van der Waals surface area contributed by atoms with Gasteiger partial charge in [0, 0.05) is 29.9 Å². The molecule has 154 valence electrons. The van der Waals surface area contributed by atoms with E-state index in [0.29, 0.717) is 22.5 Å². The summed E-state index contributed by atoms with van der Waals surface area (Å²) in [5.74, 6) is -0.0450. The van der Waals surface area contributed by atoms with E-state index in [1.165, 1.54) is 18.2 Å². The molecule has 5 nitrogen and oxygen atoms in total. The fourth-order valence-corrected chi connectivity index (χ4v) is 3.28. The molecule has 29 heavy (non-hydrogen) atoms. The fourth-order valence-electron chi connectivity index (χ4n) is 3.28. The first-order valence-corrected chi connectivity index (χ1v) is 8.99. The van der Waals surface area contributed by atoms with Crippen LogP contribution >= 0.6 is 0 Å². The quantitative estimate of drug-likeness (QED) is 0.655. The maximum atomic E-state index is 14.3. The van der Waals surface area contributed by atoms with Crippen molar-refractivity contribution in [3.63, 3.8) is 0 Å². The lowest BCUT2D eigenvalue weighted by atomic mass is 10.1. The van der Waals surface area contributed by atoms with Crippen LogP contribution in [0.25, 0.3) is 10.9 Å². The number of nitrogens with one attached hydrogen (secondary N) is 1. The lowest BCUT2D eigenvalue weighted by molar-refractivity contribution is 0.146. The summed E-state index contributed by atoms with van der Waals surface area (Å²) in [6.45, 7) is 3.68. The molecule has 0 atom stereocenters. The first-order valence-electron chi connectivity index (χ1n) is 8.99. The Hall–Kier alpha value is -2.90. The second kappa shape index (κ2) is 7.50. The van der Waals surface area contributed by atoms with Crippen LogP contribution in [0.2, 0.25) is 0 Å². The molecule has 1 aromatic carbocycles. The molecule has 0 saturated heterocycles. The minimum Gasteiger partial charge on any atom is -0.365 e. The van der Waals surface area contributed by atoms with Crippen LogP contribution in [0.1, 0.15) is 50.6 Å². The number of hydrogen-bond acceptors (Lipinski definition) is 4. The molecule has 1 aliphatic rings. The summed E-state index contributed by atoms with van der Waals surface area (Å²) in [7, 11) is 0. The molecule has 2 heterocycles. The van der Waals surface area contributed by atoms with Crippen LogP contribution in [0.4, 0.5) is 19.0 Å². The van der Waals surface area contributed by atoms with Gasteiger partial charge >= 0.3 is 0 Å². The number of halogens is 3. The summed E-state index contributed by atoms with van der Waals surface area (Å²) >= 11 is 0. The molecule has 0 radical (unpaired) electrons. The average molecular weight is 404 g/mol. The van der Waals surface area contributed by atoms with Crippen molar-refractivity contribution in [2.24, 2.45) is 0 Å². The summed E-state index contributed by atoms with van der Waals surface area (Å²) in [4.78, 5) is 21.1. The van der Waals surface area contributed by atoms with E-state index >= 15 is 0 Å². The molecule has 1 saturated carbocycles. The van der Waals surface area contributed by atoms with E-state index in [2.05, 4.69) is 15.3 Å². The summed E-state index contributed by atoms with van der Waals surface area (Å²) in [5.41, 5.74) is -0.358. The molecule has 2 aromatic heterocycles.